The molecule has 0 radical (unpaired) electrons. The average Bonchev–Trinajstić information content (AvgIpc) is 3.25. The first-order valence-electron chi connectivity index (χ1n) is 19.6. The predicted octanol–water partition coefficient (Wildman–Crippen LogP) is 15.4. The zero-order valence-corrected chi connectivity index (χ0v) is 31.3. The molecule has 262 valence electrons. The highest BCUT2D eigenvalue weighted by Crippen LogP contribution is 2.51. The fourth-order valence-electron chi connectivity index (χ4n) is 9.50. The summed E-state index contributed by atoms with van der Waals surface area (Å²) < 4.78 is 0. The smallest absolute Gasteiger partial charge is 0.0349 e. The van der Waals surface area contributed by atoms with Crippen molar-refractivity contribution in [2.45, 2.75) is 12.8 Å². The zero-order chi connectivity index (χ0) is 37.3. The van der Waals surface area contributed by atoms with Gasteiger partial charge in [-0.15, -0.1) is 0 Å². The van der Waals surface area contributed by atoms with E-state index in [0.717, 1.165) is 5.57 Å². The summed E-state index contributed by atoms with van der Waals surface area (Å²) >= 11 is 0. The number of fused-ring (bicyclic) bond motifs is 7. The van der Waals surface area contributed by atoms with Crippen LogP contribution in [-0.4, -0.2) is 0 Å². The van der Waals surface area contributed by atoms with Crippen LogP contribution in [0.3, 0.4) is 0 Å². The summed E-state index contributed by atoms with van der Waals surface area (Å²) in [6.45, 7) is 7.04. The van der Waals surface area contributed by atoms with Gasteiger partial charge in [0, 0.05) is 5.92 Å². The van der Waals surface area contributed by atoms with E-state index < -0.39 is 0 Å². The maximum atomic E-state index is 4.82. The van der Waals surface area contributed by atoms with Crippen LogP contribution in [0.4, 0.5) is 0 Å². The molecule has 0 saturated heterocycles. The van der Waals surface area contributed by atoms with E-state index in [1.165, 1.54) is 110 Å². The first-order chi connectivity index (χ1) is 27.6. The average molecular weight is 711 g/mol. The van der Waals surface area contributed by atoms with Crippen LogP contribution in [0.2, 0.25) is 0 Å². The maximum Gasteiger partial charge on any atom is 0.0349 e. The van der Waals surface area contributed by atoms with Crippen LogP contribution in [-0.2, 0) is 0 Å². The first-order valence-corrected chi connectivity index (χ1v) is 19.6. The molecule has 0 aromatic heterocycles. The van der Waals surface area contributed by atoms with Gasteiger partial charge in [-0.1, -0.05) is 176 Å². The van der Waals surface area contributed by atoms with Gasteiger partial charge in [-0.25, -0.2) is 0 Å². The van der Waals surface area contributed by atoms with Crippen molar-refractivity contribution < 1.29 is 0 Å². The molecule has 0 aliphatic heterocycles. The molecular formula is C56H38. The summed E-state index contributed by atoms with van der Waals surface area (Å²) in [5, 5.41) is 10.0. The molecule has 1 aliphatic rings. The van der Waals surface area contributed by atoms with Crippen molar-refractivity contribution in [3.8, 4) is 44.5 Å². The van der Waals surface area contributed by atoms with Gasteiger partial charge in [0.25, 0.3) is 0 Å². The maximum absolute atomic E-state index is 4.82. The van der Waals surface area contributed by atoms with Gasteiger partial charge in [0.2, 0.25) is 0 Å². The number of rotatable bonds is 4. The zero-order valence-electron chi connectivity index (χ0n) is 31.3. The summed E-state index contributed by atoms with van der Waals surface area (Å²) in [6, 6.07) is 72.0. The number of benzene rings is 10. The van der Waals surface area contributed by atoms with Crippen LogP contribution in [0.15, 0.2) is 201 Å². The third-order valence-corrected chi connectivity index (χ3v) is 12.2. The van der Waals surface area contributed by atoms with Gasteiger partial charge in [-0.3, -0.25) is 0 Å². The molecule has 0 amide bonds. The van der Waals surface area contributed by atoms with E-state index in [1.807, 2.05) is 0 Å². The molecular weight excluding hydrogens is 673 g/mol. The highest BCUT2D eigenvalue weighted by Gasteiger charge is 2.30. The Kier molecular flexibility index (Phi) is 7.41. The van der Waals surface area contributed by atoms with Gasteiger partial charge in [-0.2, -0.15) is 0 Å². The quantitative estimate of drug-likeness (QED) is 0.160. The molecule has 10 aromatic carbocycles. The molecule has 0 heterocycles. The fraction of sp³-hybridized carbons (Fsp3) is 0.0357. The molecule has 0 saturated carbocycles. The van der Waals surface area contributed by atoms with Gasteiger partial charge >= 0.3 is 0 Å². The van der Waals surface area contributed by atoms with Crippen molar-refractivity contribution in [3.05, 3.63) is 223 Å². The molecule has 1 unspecified atom stereocenters. The van der Waals surface area contributed by atoms with Crippen LogP contribution in [0.1, 0.15) is 28.2 Å². The lowest BCUT2D eigenvalue weighted by molar-refractivity contribution is 1.02. The summed E-state index contributed by atoms with van der Waals surface area (Å²) in [4.78, 5) is 0. The van der Waals surface area contributed by atoms with E-state index in [4.69, 9.17) is 6.58 Å². The predicted molar refractivity (Wildman–Crippen MR) is 240 cm³/mol. The fourth-order valence-corrected chi connectivity index (χ4v) is 9.50. The van der Waals surface area contributed by atoms with Crippen molar-refractivity contribution in [3.63, 3.8) is 0 Å². The van der Waals surface area contributed by atoms with E-state index >= 15 is 0 Å². The Bertz CT molecular complexity index is 3230. The van der Waals surface area contributed by atoms with Crippen molar-refractivity contribution >= 4 is 48.7 Å². The first kappa shape index (κ1) is 32.4. The van der Waals surface area contributed by atoms with Crippen LogP contribution >= 0.6 is 0 Å². The molecule has 0 bridgehead atoms. The largest absolute Gasteiger partial charge is 0.0942 e. The summed E-state index contributed by atoms with van der Waals surface area (Å²) in [6.07, 6.45) is 0. The van der Waals surface area contributed by atoms with Gasteiger partial charge in [0.15, 0.2) is 0 Å². The summed E-state index contributed by atoms with van der Waals surface area (Å²) in [5.41, 5.74) is 16.2. The van der Waals surface area contributed by atoms with Gasteiger partial charge < -0.3 is 0 Å². The highest BCUT2D eigenvalue weighted by atomic mass is 14.3. The van der Waals surface area contributed by atoms with Gasteiger partial charge in [0.1, 0.15) is 0 Å². The Morgan fingerprint density at radius 2 is 0.839 bits per heavy atom. The number of hydrogen-bond donors (Lipinski definition) is 0. The van der Waals surface area contributed by atoms with Crippen molar-refractivity contribution in [2.75, 3.05) is 0 Å². The second kappa shape index (κ2) is 12.8. The minimum atomic E-state index is 0.0992. The minimum Gasteiger partial charge on any atom is -0.0942 e. The van der Waals surface area contributed by atoms with Crippen LogP contribution in [0.5, 0.6) is 0 Å². The topological polar surface area (TPSA) is 0 Å². The summed E-state index contributed by atoms with van der Waals surface area (Å²) in [7, 11) is 0. The highest BCUT2D eigenvalue weighted by molar-refractivity contribution is 6.22. The van der Waals surface area contributed by atoms with E-state index in [9.17, 15) is 0 Å². The van der Waals surface area contributed by atoms with Gasteiger partial charge in [-0.05, 0) is 147 Å². The van der Waals surface area contributed by atoms with E-state index in [2.05, 4.69) is 201 Å². The lowest BCUT2D eigenvalue weighted by Crippen LogP contribution is -2.12. The molecule has 1 aliphatic carbocycles. The van der Waals surface area contributed by atoms with Crippen molar-refractivity contribution in [1.82, 2.24) is 0 Å². The second-order valence-corrected chi connectivity index (χ2v) is 15.3. The Morgan fingerprint density at radius 3 is 1.52 bits per heavy atom. The van der Waals surface area contributed by atoms with E-state index in [0.29, 0.717) is 0 Å². The number of allylic oxidation sites excluding steroid dienone is 1. The Morgan fingerprint density at radius 1 is 0.339 bits per heavy atom. The molecule has 0 fully saturated rings. The molecule has 10 aromatic rings. The van der Waals surface area contributed by atoms with Crippen LogP contribution in [0, 0.1) is 6.92 Å². The second-order valence-electron chi connectivity index (χ2n) is 15.3. The number of hydrogen-bond acceptors (Lipinski definition) is 0. The Hall–Kier alpha value is -7.02. The molecule has 56 heavy (non-hydrogen) atoms. The Labute approximate surface area is 327 Å². The van der Waals surface area contributed by atoms with E-state index in [-0.39, 0.29) is 5.92 Å². The molecule has 0 spiro atoms. The van der Waals surface area contributed by atoms with E-state index in [1.54, 1.807) is 0 Å². The minimum absolute atomic E-state index is 0.0992. The SMILES string of the molecule is C=C1c2cc(-c3ccc4c(-c5ccc6ccccc6c5)c5ccccc5c(-c5ccc6ccccc6c5)c4c3)ccc2-c2ccccc2C1c1ccccc1C. The third-order valence-electron chi connectivity index (χ3n) is 12.2. The molecule has 0 nitrogen and oxygen atoms in total. The monoisotopic (exact) mass is 710 g/mol. The molecule has 1 atom stereocenters. The summed E-state index contributed by atoms with van der Waals surface area (Å²) in [5.74, 6) is 0.0992. The molecule has 0 heteroatoms. The molecule has 0 N–H and O–H groups in total. The Balaban J connectivity index is 1.17. The number of aryl methyl sites for hydroxylation is 1. The van der Waals surface area contributed by atoms with Gasteiger partial charge in [0.05, 0.1) is 0 Å². The normalized spacial score (nSPS) is 13.7. The standard InChI is InChI=1S/C56H38/c1-35-13-3-8-18-45(35)54-36(2)52-33-41(27-29-47(52)46-19-9-10-20-48(46)54)42-28-30-51-53(34-42)56(44-26-24-38-15-5-7-17-40(38)32-44)50-22-12-11-21-49(50)55(51)43-25-23-37-14-4-6-16-39(37)31-43/h3-34,54H,2H2,1H3. The van der Waals surface area contributed by atoms with Crippen LogP contribution < -0.4 is 0 Å². The lowest BCUT2D eigenvalue weighted by Gasteiger charge is -2.32. The third kappa shape index (κ3) is 5.07. The van der Waals surface area contributed by atoms with Crippen molar-refractivity contribution in [1.29, 1.82) is 0 Å². The lowest BCUT2D eigenvalue weighted by atomic mass is 9.71. The van der Waals surface area contributed by atoms with Crippen LogP contribution in [0.25, 0.3) is 93.2 Å². The molecule has 11 rings (SSSR count). The van der Waals surface area contributed by atoms with Crippen molar-refractivity contribution in [2.24, 2.45) is 0 Å².